The largest absolute Gasteiger partial charge is 0.506 e. The molecular weight excluding hydrogens is 448 g/mol. The van der Waals surface area contributed by atoms with Crippen molar-refractivity contribution >= 4 is 43.1 Å². The van der Waals surface area contributed by atoms with Gasteiger partial charge < -0.3 is 26.4 Å². The number of aromatic hydroxyl groups is 1. The molecule has 2 aliphatic rings. The summed E-state index contributed by atoms with van der Waals surface area (Å²) in [4.78, 5) is 24.2. The van der Waals surface area contributed by atoms with Gasteiger partial charge in [-0.15, -0.1) is 0 Å². The van der Waals surface area contributed by atoms with E-state index in [4.69, 9.17) is 0 Å². The third kappa shape index (κ3) is 6.99. The SMILES string of the molecule is O=C(NCC1CCS(=O)(=O)C1)Nc1ccc(O)c(NC(=O)NCC2CCS(=O)(=O)C2)c1. The maximum absolute atomic E-state index is 12.1. The number of carbonyl (C=O) groups is 2. The second-order valence-electron chi connectivity index (χ2n) is 7.94. The van der Waals surface area contributed by atoms with Crippen LogP contribution in [0.4, 0.5) is 21.0 Å². The molecule has 172 valence electrons. The second-order valence-corrected chi connectivity index (χ2v) is 12.4. The normalized spacial score (nSPS) is 23.7. The van der Waals surface area contributed by atoms with Crippen molar-refractivity contribution < 1.29 is 31.5 Å². The number of hydrogen-bond donors (Lipinski definition) is 5. The number of phenols is 1. The van der Waals surface area contributed by atoms with Gasteiger partial charge in [0.05, 0.1) is 28.7 Å². The van der Waals surface area contributed by atoms with Crippen molar-refractivity contribution in [3.8, 4) is 5.75 Å². The van der Waals surface area contributed by atoms with Gasteiger partial charge in [-0.1, -0.05) is 0 Å². The van der Waals surface area contributed by atoms with Gasteiger partial charge in [-0.3, -0.25) is 0 Å². The quantitative estimate of drug-likeness (QED) is 0.295. The van der Waals surface area contributed by atoms with Gasteiger partial charge in [0.15, 0.2) is 19.7 Å². The Morgan fingerprint density at radius 3 is 1.87 bits per heavy atom. The minimum atomic E-state index is -3.03. The summed E-state index contributed by atoms with van der Waals surface area (Å²) in [5.74, 6) is -0.119. The molecule has 2 unspecified atom stereocenters. The van der Waals surface area contributed by atoms with Crippen molar-refractivity contribution in [1.82, 2.24) is 10.6 Å². The van der Waals surface area contributed by atoms with Crippen LogP contribution in [0.1, 0.15) is 12.8 Å². The molecular formula is C18H26N4O7S2. The lowest BCUT2D eigenvalue weighted by Gasteiger charge is -2.14. The topological polar surface area (TPSA) is 171 Å². The van der Waals surface area contributed by atoms with E-state index in [-0.39, 0.29) is 59.4 Å². The Balaban J connectivity index is 1.47. The van der Waals surface area contributed by atoms with Crippen LogP contribution in [-0.4, -0.2) is 70.1 Å². The maximum Gasteiger partial charge on any atom is 0.319 e. The van der Waals surface area contributed by atoms with Crippen LogP contribution >= 0.6 is 0 Å². The van der Waals surface area contributed by atoms with E-state index in [0.29, 0.717) is 18.5 Å². The summed E-state index contributed by atoms with van der Waals surface area (Å²) in [5, 5.41) is 20.2. The zero-order valence-electron chi connectivity index (χ0n) is 16.8. The highest BCUT2D eigenvalue weighted by Crippen LogP contribution is 2.27. The first-order valence-electron chi connectivity index (χ1n) is 9.85. The molecule has 2 heterocycles. The van der Waals surface area contributed by atoms with E-state index >= 15 is 0 Å². The van der Waals surface area contributed by atoms with Gasteiger partial charge in [0, 0.05) is 18.8 Å². The Bertz CT molecular complexity index is 1060. The van der Waals surface area contributed by atoms with E-state index in [9.17, 15) is 31.5 Å². The first kappa shape index (κ1) is 23.1. The smallest absolute Gasteiger partial charge is 0.319 e. The number of hydrogen-bond acceptors (Lipinski definition) is 7. The van der Waals surface area contributed by atoms with Gasteiger partial charge in [-0.05, 0) is 42.9 Å². The zero-order valence-corrected chi connectivity index (χ0v) is 18.4. The molecule has 1 aromatic rings. The van der Waals surface area contributed by atoms with E-state index in [2.05, 4.69) is 21.3 Å². The molecule has 2 fully saturated rings. The van der Waals surface area contributed by atoms with Crippen LogP contribution in [0.5, 0.6) is 5.75 Å². The van der Waals surface area contributed by atoms with Crippen LogP contribution in [0.15, 0.2) is 18.2 Å². The molecule has 0 bridgehead atoms. The van der Waals surface area contributed by atoms with Crippen molar-refractivity contribution in [2.45, 2.75) is 12.8 Å². The molecule has 3 rings (SSSR count). The van der Waals surface area contributed by atoms with Gasteiger partial charge in [-0.25, -0.2) is 26.4 Å². The maximum atomic E-state index is 12.1. The lowest BCUT2D eigenvalue weighted by molar-refractivity contribution is 0.250. The molecule has 0 radical (unpaired) electrons. The predicted octanol–water partition coefficient (Wildman–Crippen LogP) is 0.505. The van der Waals surface area contributed by atoms with E-state index in [1.807, 2.05) is 0 Å². The summed E-state index contributed by atoms with van der Waals surface area (Å²) in [6.45, 7) is 0.427. The van der Waals surface area contributed by atoms with Gasteiger partial charge in [0.25, 0.3) is 0 Å². The van der Waals surface area contributed by atoms with Crippen molar-refractivity contribution in [3.05, 3.63) is 18.2 Å². The van der Waals surface area contributed by atoms with Gasteiger partial charge in [0.1, 0.15) is 5.75 Å². The Morgan fingerprint density at radius 1 is 0.871 bits per heavy atom. The first-order valence-corrected chi connectivity index (χ1v) is 13.5. The van der Waals surface area contributed by atoms with E-state index in [0.717, 1.165) is 0 Å². The summed E-state index contributed by atoms with van der Waals surface area (Å²) < 4.78 is 45.9. The van der Waals surface area contributed by atoms with Crippen LogP contribution in [0.25, 0.3) is 0 Å². The van der Waals surface area contributed by atoms with Gasteiger partial charge in [-0.2, -0.15) is 0 Å². The average molecular weight is 475 g/mol. The number of benzene rings is 1. The van der Waals surface area contributed by atoms with Crippen LogP contribution in [0, 0.1) is 11.8 Å². The molecule has 4 amide bonds. The van der Waals surface area contributed by atoms with E-state index in [1.165, 1.54) is 18.2 Å². The lowest BCUT2D eigenvalue weighted by Crippen LogP contribution is -2.34. The summed E-state index contributed by atoms with van der Waals surface area (Å²) in [6.07, 6.45) is 1.01. The monoisotopic (exact) mass is 474 g/mol. The molecule has 0 spiro atoms. The number of sulfone groups is 2. The highest BCUT2D eigenvalue weighted by Gasteiger charge is 2.28. The fourth-order valence-electron chi connectivity index (χ4n) is 3.60. The van der Waals surface area contributed by atoms with Crippen molar-refractivity contribution in [2.75, 3.05) is 46.7 Å². The Labute approximate surface area is 180 Å². The van der Waals surface area contributed by atoms with Crippen LogP contribution in [-0.2, 0) is 19.7 Å². The highest BCUT2D eigenvalue weighted by atomic mass is 32.2. The molecule has 0 aliphatic carbocycles. The third-order valence-corrected chi connectivity index (χ3v) is 8.93. The Kier molecular flexibility index (Phi) is 6.94. The molecule has 5 N–H and O–H groups in total. The van der Waals surface area contributed by atoms with Crippen LogP contribution < -0.4 is 21.3 Å². The lowest BCUT2D eigenvalue weighted by atomic mass is 10.1. The summed E-state index contributed by atoms with van der Waals surface area (Å²) >= 11 is 0. The molecule has 31 heavy (non-hydrogen) atoms. The standard InChI is InChI=1S/C18H26N4O7S2/c23-16-2-1-14(21-17(24)19-8-12-3-5-30(26,27)10-12)7-15(16)22-18(25)20-9-13-4-6-31(28,29)11-13/h1-2,7,12-13,23H,3-6,8-11H2,(H2,19,21,24)(H2,20,22,25). The summed E-state index contributed by atoms with van der Waals surface area (Å²) in [6, 6.07) is 2.98. The number of amides is 4. The number of urea groups is 2. The molecule has 0 saturated carbocycles. The van der Waals surface area contributed by atoms with Gasteiger partial charge >= 0.3 is 12.1 Å². The number of rotatable bonds is 6. The van der Waals surface area contributed by atoms with Crippen molar-refractivity contribution in [3.63, 3.8) is 0 Å². The molecule has 1 aromatic carbocycles. The third-order valence-electron chi connectivity index (χ3n) is 5.26. The Hall–Kier alpha value is -2.54. The van der Waals surface area contributed by atoms with Crippen molar-refractivity contribution in [2.24, 2.45) is 11.8 Å². The fourth-order valence-corrected chi connectivity index (χ4v) is 7.32. The number of anilines is 2. The minimum absolute atomic E-state index is 0.0415. The second kappa shape index (κ2) is 9.30. The predicted molar refractivity (Wildman–Crippen MR) is 116 cm³/mol. The number of phenolic OH excluding ortho intramolecular Hbond substituents is 1. The molecule has 2 aliphatic heterocycles. The first-order chi connectivity index (χ1) is 14.5. The van der Waals surface area contributed by atoms with E-state index < -0.39 is 31.7 Å². The van der Waals surface area contributed by atoms with Crippen LogP contribution in [0.3, 0.4) is 0 Å². The summed E-state index contributed by atoms with van der Waals surface area (Å²) in [7, 11) is -6.05. The zero-order chi connectivity index (χ0) is 22.6. The number of nitrogens with one attached hydrogen (secondary N) is 4. The summed E-state index contributed by atoms with van der Waals surface area (Å²) in [5.41, 5.74) is 0.378. The molecule has 2 atom stereocenters. The average Bonchev–Trinajstić information content (AvgIpc) is 3.21. The fraction of sp³-hybridized carbons (Fsp3) is 0.556. The van der Waals surface area contributed by atoms with Crippen LogP contribution in [0.2, 0.25) is 0 Å². The molecule has 0 aromatic heterocycles. The highest BCUT2D eigenvalue weighted by molar-refractivity contribution is 7.91. The Morgan fingerprint density at radius 2 is 1.39 bits per heavy atom. The minimum Gasteiger partial charge on any atom is -0.506 e. The molecule has 11 nitrogen and oxygen atoms in total. The number of carbonyl (C=O) groups excluding carboxylic acids is 2. The van der Waals surface area contributed by atoms with Gasteiger partial charge in [0.2, 0.25) is 0 Å². The molecule has 13 heteroatoms. The van der Waals surface area contributed by atoms with E-state index in [1.54, 1.807) is 0 Å². The molecule has 2 saturated heterocycles. The van der Waals surface area contributed by atoms with Crippen molar-refractivity contribution in [1.29, 1.82) is 0 Å².